The zero-order valence-electron chi connectivity index (χ0n) is 61.0. The van der Waals surface area contributed by atoms with Crippen molar-refractivity contribution in [3.05, 3.63) is 267 Å². The first-order chi connectivity index (χ1) is 52.8. The quantitative estimate of drug-likeness (QED) is 0.0502. The minimum Gasteiger partial charge on any atom is -0.485 e. The van der Waals surface area contributed by atoms with E-state index in [1.165, 1.54) is 54.6 Å². The van der Waals surface area contributed by atoms with Crippen molar-refractivity contribution in [2.24, 2.45) is 10.3 Å². The van der Waals surface area contributed by atoms with Gasteiger partial charge in [-0.3, -0.25) is 0 Å². The number of rotatable bonds is 19. The number of aryl methyl sites for hydroxylation is 6. The van der Waals surface area contributed by atoms with Crippen molar-refractivity contribution in [1.29, 1.82) is 0 Å². The molecule has 0 radical (unpaired) electrons. The van der Waals surface area contributed by atoms with Gasteiger partial charge in [0.05, 0.1) is 59.2 Å². The number of carboxylic acids is 3. The lowest BCUT2D eigenvalue weighted by Gasteiger charge is -2.19. The SMILES string of the molecule is Cc1c(-c2cc(C(=O)O)c3c(O[C@@H](C)c4ccc(OC(F)F)cc4)ccc(C)c3n2)oc2ccccc12.Cc1c(-c2cc(C(=O)O)c3c(O[C@@H](C)c4ccc(S(N)(=O)=O)cc4)ccc(C)c3n2)oc2ccccc12.Cc1c(-c2cc(C(=O)O)c3c(O[C@H](C)c4ccc(S(N)(=O)=O)cc4)ccc(C)c3n2)oc2ccccc12. The Morgan fingerprint density at radius 2 is 0.658 bits per heavy atom. The van der Waals surface area contributed by atoms with Crippen molar-refractivity contribution in [3.63, 3.8) is 0 Å². The van der Waals surface area contributed by atoms with Gasteiger partial charge in [0.15, 0.2) is 17.3 Å². The molecule has 3 atom stereocenters. The number of aromatic carboxylic acids is 3. The molecule has 9 aromatic carbocycles. The van der Waals surface area contributed by atoms with Crippen LogP contribution in [0, 0.1) is 41.5 Å². The van der Waals surface area contributed by atoms with Crippen LogP contribution in [0.3, 0.4) is 0 Å². The molecule has 26 heteroatoms. The minimum absolute atomic E-state index is 0.00462. The van der Waals surface area contributed by atoms with Gasteiger partial charge in [-0.1, -0.05) is 109 Å². The number of para-hydroxylation sites is 3. The average molecular weight is 1540 g/mol. The number of fused-ring (bicyclic) bond motifs is 6. The molecule has 15 rings (SSSR count). The Kier molecular flexibility index (Phi) is 21.1. The van der Waals surface area contributed by atoms with E-state index in [9.17, 15) is 55.3 Å². The number of hydrogen-bond donors (Lipinski definition) is 5. The summed E-state index contributed by atoms with van der Waals surface area (Å²) in [5.74, 6) is -0.751. The molecule has 0 aliphatic heterocycles. The third-order valence-electron chi connectivity index (χ3n) is 19.1. The minimum atomic E-state index is -3.81. The van der Waals surface area contributed by atoms with Crippen molar-refractivity contribution in [2.75, 3.05) is 0 Å². The smallest absolute Gasteiger partial charge is 0.387 e. The van der Waals surface area contributed by atoms with Gasteiger partial charge >= 0.3 is 24.5 Å². The van der Waals surface area contributed by atoms with E-state index in [1.54, 1.807) is 75.4 Å². The number of primary sulfonamides is 2. The highest BCUT2D eigenvalue weighted by molar-refractivity contribution is 7.89. The average Bonchev–Trinajstić information content (AvgIpc) is 1.75. The lowest BCUT2D eigenvalue weighted by Crippen LogP contribution is -2.12. The van der Waals surface area contributed by atoms with E-state index in [0.717, 1.165) is 49.5 Å². The van der Waals surface area contributed by atoms with Crippen LogP contribution < -0.4 is 29.2 Å². The normalized spacial score (nSPS) is 12.5. The molecule has 6 heterocycles. The Balaban J connectivity index is 0.000000146. The molecular weight excluding hydrogens is 1470 g/mol. The van der Waals surface area contributed by atoms with Gasteiger partial charge in [0.2, 0.25) is 20.0 Å². The van der Waals surface area contributed by atoms with E-state index in [0.29, 0.717) is 118 Å². The topological polar surface area (TPSA) is 347 Å². The maximum absolute atomic E-state index is 12.5. The molecule has 0 bridgehead atoms. The maximum atomic E-state index is 12.5. The molecule has 0 aliphatic carbocycles. The molecular formula is C85H71F2N5O17S2. The molecule has 111 heavy (non-hydrogen) atoms. The van der Waals surface area contributed by atoms with E-state index in [4.69, 9.17) is 52.7 Å². The van der Waals surface area contributed by atoms with Crippen LogP contribution in [0.15, 0.2) is 223 Å². The van der Waals surface area contributed by atoms with Crippen molar-refractivity contribution >= 4 is 104 Å². The summed E-state index contributed by atoms with van der Waals surface area (Å²) in [7, 11) is -7.63. The van der Waals surface area contributed by atoms with Gasteiger partial charge in [-0.15, -0.1) is 0 Å². The van der Waals surface area contributed by atoms with Crippen LogP contribution in [0.2, 0.25) is 0 Å². The summed E-state index contributed by atoms with van der Waals surface area (Å²) in [6.45, 7) is 13.8. The second-order valence-corrected chi connectivity index (χ2v) is 29.6. The second kappa shape index (κ2) is 30.6. The van der Waals surface area contributed by atoms with Crippen LogP contribution >= 0.6 is 0 Å². The summed E-state index contributed by atoms with van der Waals surface area (Å²) in [6.07, 6.45) is -1.54. The molecule has 0 fully saturated rings. The van der Waals surface area contributed by atoms with Gasteiger partial charge in [0.1, 0.15) is 75.1 Å². The van der Waals surface area contributed by atoms with Crippen LogP contribution in [0.4, 0.5) is 8.78 Å². The van der Waals surface area contributed by atoms with Crippen LogP contribution in [0.25, 0.3) is 100.0 Å². The number of ether oxygens (including phenoxy) is 4. The molecule has 22 nitrogen and oxygen atoms in total. The fourth-order valence-corrected chi connectivity index (χ4v) is 14.3. The highest BCUT2D eigenvalue weighted by Crippen LogP contribution is 2.43. The van der Waals surface area contributed by atoms with E-state index in [2.05, 4.69) is 4.74 Å². The fourth-order valence-electron chi connectivity index (χ4n) is 13.3. The van der Waals surface area contributed by atoms with Crippen molar-refractivity contribution in [1.82, 2.24) is 15.0 Å². The summed E-state index contributed by atoms with van der Waals surface area (Å²) in [5.41, 5.74) is 12.0. The molecule has 15 aromatic rings. The number of sulfonamides is 2. The zero-order chi connectivity index (χ0) is 79.2. The summed E-state index contributed by atoms with van der Waals surface area (Å²) in [4.78, 5) is 51.7. The van der Waals surface area contributed by atoms with E-state index >= 15 is 0 Å². The van der Waals surface area contributed by atoms with Gasteiger partial charge in [-0.25, -0.2) is 56.4 Å². The van der Waals surface area contributed by atoms with E-state index < -0.39 is 62.9 Å². The Hall–Kier alpha value is -12.9. The number of carbonyl (C=O) groups is 3. The second-order valence-electron chi connectivity index (χ2n) is 26.5. The number of aromatic nitrogens is 3. The zero-order valence-corrected chi connectivity index (χ0v) is 62.6. The molecule has 0 spiro atoms. The first-order valence-corrected chi connectivity index (χ1v) is 37.7. The molecule has 0 saturated heterocycles. The number of hydrogen-bond acceptors (Lipinski definition) is 17. The molecule has 0 unspecified atom stereocenters. The van der Waals surface area contributed by atoms with E-state index in [1.807, 2.05) is 133 Å². The van der Waals surface area contributed by atoms with Gasteiger partial charge < -0.3 is 47.5 Å². The number of furan rings is 3. The number of alkyl halides is 2. The number of pyridine rings is 3. The van der Waals surface area contributed by atoms with Gasteiger partial charge in [-0.05, 0) is 187 Å². The molecule has 564 valence electrons. The monoisotopic (exact) mass is 1540 g/mol. The molecule has 0 aliphatic rings. The third-order valence-corrected chi connectivity index (χ3v) is 21.0. The van der Waals surface area contributed by atoms with Crippen molar-refractivity contribution < 1.29 is 87.5 Å². The Bertz CT molecular complexity index is 6180. The molecule has 0 amide bonds. The van der Waals surface area contributed by atoms with Gasteiger partial charge in [0, 0.05) is 32.8 Å². The Morgan fingerprint density at radius 3 is 0.910 bits per heavy atom. The number of nitrogens with two attached hydrogens (primary N) is 2. The molecule has 0 saturated carbocycles. The predicted octanol–water partition coefficient (Wildman–Crippen LogP) is 19.2. The van der Waals surface area contributed by atoms with Crippen molar-refractivity contribution in [2.45, 2.75) is 97.0 Å². The number of halogens is 2. The van der Waals surface area contributed by atoms with Gasteiger partial charge in [0.25, 0.3) is 0 Å². The summed E-state index contributed by atoms with van der Waals surface area (Å²) >= 11 is 0. The summed E-state index contributed by atoms with van der Waals surface area (Å²) in [6, 6.07) is 56.1. The number of nitrogens with zero attached hydrogens (tertiary/aromatic N) is 3. The highest BCUT2D eigenvalue weighted by Gasteiger charge is 2.28. The standard InChI is InChI=1S/C29H23F2NO5.2C28H24N2O6S/c1-15-8-13-24(35-17(3)18-9-11-19(12-10-18)36-29(30)31)25-21(28(33)34)14-22(32-26(15)25)27-16(2)20-6-4-5-7-23(20)37-27;2*1-15-8-13-24(35-17(3)18-9-11-19(12-10-18)37(29,33)34)25-21(28(31)32)14-22(30-26(15)25)27-16(2)20-6-4-5-7-23(20)36-27/h4-14,17,29H,1-3H3,(H,33,34);2*4-14,17H,1-3H3,(H,31,32)(H2,29,33,34)/t3*17-/m010/s1. The van der Waals surface area contributed by atoms with Crippen LogP contribution in [0.1, 0.15) is 120 Å². The number of carboxylic acid groups (broad SMARTS) is 3. The van der Waals surface area contributed by atoms with Crippen LogP contribution in [-0.2, 0) is 20.0 Å². The Morgan fingerprint density at radius 1 is 0.387 bits per heavy atom. The third kappa shape index (κ3) is 15.6. The first-order valence-electron chi connectivity index (χ1n) is 34.6. The lowest BCUT2D eigenvalue weighted by molar-refractivity contribution is -0.0498. The maximum Gasteiger partial charge on any atom is 0.387 e. The van der Waals surface area contributed by atoms with E-state index in [-0.39, 0.29) is 32.2 Å². The first kappa shape index (κ1) is 76.3. The largest absolute Gasteiger partial charge is 0.485 e. The van der Waals surface area contributed by atoms with Gasteiger partial charge in [-0.2, -0.15) is 8.78 Å². The van der Waals surface area contributed by atoms with Crippen LogP contribution in [-0.4, -0.2) is 71.6 Å². The molecule has 7 N–H and O–H groups in total. The lowest BCUT2D eigenvalue weighted by atomic mass is 10.0. The molecule has 6 aromatic heterocycles. The van der Waals surface area contributed by atoms with Crippen LogP contribution in [0.5, 0.6) is 23.0 Å². The highest BCUT2D eigenvalue weighted by atomic mass is 32.2. The summed E-state index contributed by atoms with van der Waals surface area (Å²) in [5, 5.41) is 44.7. The fraction of sp³-hybridized carbons (Fsp3) is 0.153. The van der Waals surface area contributed by atoms with Crippen molar-refractivity contribution in [3.8, 4) is 57.4 Å². The predicted molar refractivity (Wildman–Crippen MR) is 416 cm³/mol. The number of benzene rings is 9. The summed E-state index contributed by atoms with van der Waals surface area (Å²) < 4.78 is 112. The Labute approximate surface area is 634 Å².